The highest BCUT2D eigenvalue weighted by Crippen LogP contribution is 2.23. The molecule has 7 heteroatoms. The zero-order valence-electron chi connectivity index (χ0n) is 9.80. The second-order valence-corrected chi connectivity index (χ2v) is 5.82. The van der Waals surface area contributed by atoms with E-state index >= 15 is 0 Å². The van der Waals surface area contributed by atoms with E-state index in [2.05, 4.69) is 0 Å². The number of hydrogen-bond acceptors (Lipinski definition) is 4. The van der Waals surface area contributed by atoms with E-state index in [4.69, 9.17) is 22.0 Å². The zero-order chi connectivity index (χ0) is 13.8. The van der Waals surface area contributed by atoms with E-state index in [-0.39, 0.29) is 35.2 Å². The maximum absolute atomic E-state index is 12.3. The van der Waals surface area contributed by atoms with Crippen LogP contribution < -0.4 is 0 Å². The lowest BCUT2D eigenvalue weighted by Gasteiger charge is -2.20. The van der Waals surface area contributed by atoms with Crippen LogP contribution in [0.1, 0.15) is 12.5 Å². The summed E-state index contributed by atoms with van der Waals surface area (Å²) in [5, 5.41) is 18.0. The molecule has 0 aliphatic carbocycles. The van der Waals surface area contributed by atoms with Gasteiger partial charge in [-0.3, -0.25) is 0 Å². The predicted octanol–water partition coefficient (Wildman–Crippen LogP) is 1.21. The second kappa shape index (κ2) is 6.16. The Balaban J connectivity index is 3.36. The fraction of sp³-hybridized carbons (Fsp3) is 0.364. The Kier molecular flexibility index (Phi) is 5.11. The average molecular weight is 289 g/mol. The van der Waals surface area contributed by atoms with E-state index in [1.54, 1.807) is 6.92 Å². The fourth-order valence-electron chi connectivity index (χ4n) is 1.50. The normalized spacial score (nSPS) is 11.5. The molecular weight excluding hydrogens is 276 g/mol. The number of nitrogens with zero attached hydrogens (tertiary/aromatic N) is 2. The summed E-state index contributed by atoms with van der Waals surface area (Å²) in [6, 6.07) is 5.89. The van der Waals surface area contributed by atoms with Crippen LogP contribution in [0.2, 0.25) is 5.02 Å². The summed E-state index contributed by atoms with van der Waals surface area (Å²) in [4.78, 5) is -0.132. The zero-order valence-corrected chi connectivity index (χ0v) is 11.4. The minimum atomic E-state index is -3.81. The Morgan fingerprint density at radius 1 is 1.50 bits per heavy atom. The highest BCUT2D eigenvalue weighted by molar-refractivity contribution is 7.89. The molecule has 0 radical (unpaired) electrons. The van der Waals surface area contributed by atoms with Crippen LogP contribution in [0.25, 0.3) is 0 Å². The highest BCUT2D eigenvalue weighted by Gasteiger charge is 2.25. The predicted molar refractivity (Wildman–Crippen MR) is 67.7 cm³/mol. The standard InChI is InChI=1S/C11H13ClN2O3S/c1-2-14(5-6-15)18(16,17)11-7-10(12)4-3-9(11)8-13/h3-4,7,15H,2,5-6H2,1H3. The molecule has 0 aliphatic heterocycles. The number of aliphatic hydroxyl groups excluding tert-OH is 1. The molecule has 98 valence electrons. The van der Waals surface area contributed by atoms with Crippen molar-refractivity contribution in [1.82, 2.24) is 4.31 Å². The van der Waals surface area contributed by atoms with Crippen LogP contribution in [0.15, 0.2) is 23.1 Å². The van der Waals surface area contributed by atoms with Gasteiger partial charge in [-0.15, -0.1) is 0 Å². The molecule has 1 aromatic rings. The van der Waals surface area contributed by atoms with Crippen molar-refractivity contribution in [2.45, 2.75) is 11.8 Å². The molecule has 18 heavy (non-hydrogen) atoms. The van der Waals surface area contributed by atoms with Crippen molar-refractivity contribution in [3.63, 3.8) is 0 Å². The first-order valence-corrected chi connectivity index (χ1v) is 7.09. The Hall–Kier alpha value is -1.13. The van der Waals surface area contributed by atoms with Crippen molar-refractivity contribution in [3.05, 3.63) is 28.8 Å². The van der Waals surface area contributed by atoms with Gasteiger partial charge in [0.25, 0.3) is 0 Å². The molecule has 0 saturated heterocycles. The summed E-state index contributed by atoms with van der Waals surface area (Å²) in [5.41, 5.74) is 0.0378. The fourth-order valence-corrected chi connectivity index (χ4v) is 3.35. The SMILES string of the molecule is CCN(CCO)S(=O)(=O)c1cc(Cl)ccc1C#N. The molecule has 0 fully saturated rings. The lowest BCUT2D eigenvalue weighted by Crippen LogP contribution is -2.33. The highest BCUT2D eigenvalue weighted by atomic mass is 35.5. The number of benzene rings is 1. The van der Waals surface area contributed by atoms with Crippen LogP contribution in [-0.2, 0) is 10.0 Å². The number of rotatable bonds is 5. The summed E-state index contributed by atoms with van der Waals surface area (Å²) < 4.78 is 25.7. The third-order valence-electron chi connectivity index (χ3n) is 2.38. The van der Waals surface area contributed by atoms with Gasteiger partial charge in [0.15, 0.2) is 0 Å². The quantitative estimate of drug-likeness (QED) is 0.883. The van der Waals surface area contributed by atoms with Gasteiger partial charge < -0.3 is 5.11 Å². The van der Waals surface area contributed by atoms with Gasteiger partial charge in [0.05, 0.1) is 12.2 Å². The molecule has 0 bridgehead atoms. The molecule has 0 amide bonds. The van der Waals surface area contributed by atoms with Gasteiger partial charge in [-0.25, -0.2) is 8.42 Å². The van der Waals surface area contributed by atoms with Gasteiger partial charge in [0, 0.05) is 18.1 Å². The summed E-state index contributed by atoms with van der Waals surface area (Å²) in [6.07, 6.45) is 0. The number of aliphatic hydroxyl groups is 1. The topological polar surface area (TPSA) is 81.4 Å². The molecule has 1 rings (SSSR count). The number of sulfonamides is 1. The van der Waals surface area contributed by atoms with Crippen LogP contribution in [0.4, 0.5) is 0 Å². The van der Waals surface area contributed by atoms with Crippen molar-refractivity contribution >= 4 is 21.6 Å². The van der Waals surface area contributed by atoms with Crippen LogP contribution in [0, 0.1) is 11.3 Å². The summed E-state index contributed by atoms with van der Waals surface area (Å²) in [7, 11) is -3.81. The molecule has 0 spiro atoms. The number of hydrogen-bond donors (Lipinski definition) is 1. The van der Waals surface area contributed by atoms with Gasteiger partial charge in [-0.2, -0.15) is 9.57 Å². The van der Waals surface area contributed by atoms with E-state index in [0.29, 0.717) is 0 Å². The first-order chi connectivity index (χ1) is 8.47. The summed E-state index contributed by atoms with van der Waals surface area (Å²) in [6.45, 7) is 1.57. The lowest BCUT2D eigenvalue weighted by atomic mass is 10.2. The van der Waals surface area contributed by atoms with Crippen molar-refractivity contribution in [3.8, 4) is 6.07 Å². The molecular formula is C11H13ClN2O3S. The van der Waals surface area contributed by atoms with Crippen molar-refractivity contribution < 1.29 is 13.5 Å². The molecule has 0 unspecified atom stereocenters. The lowest BCUT2D eigenvalue weighted by molar-refractivity contribution is 0.257. The first kappa shape index (κ1) is 14.9. The Labute approximate surface area is 111 Å². The van der Waals surface area contributed by atoms with E-state index < -0.39 is 10.0 Å². The van der Waals surface area contributed by atoms with Gasteiger partial charge in [-0.05, 0) is 18.2 Å². The molecule has 0 aliphatic rings. The largest absolute Gasteiger partial charge is 0.395 e. The van der Waals surface area contributed by atoms with Crippen molar-refractivity contribution in [2.75, 3.05) is 19.7 Å². The minimum absolute atomic E-state index is 0.0176. The van der Waals surface area contributed by atoms with E-state index in [9.17, 15) is 8.42 Å². The van der Waals surface area contributed by atoms with Gasteiger partial charge >= 0.3 is 0 Å². The second-order valence-electron chi connectivity index (χ2n) is 3.47. The van der Waals surface area contributed by atoms with Crippen molar-refractivity contribution in [2.24, 2.45) is 0 Å². The summed E-state index contributed by atoms with van der Waals surface area (Å²) in [5.74, 6) is 0. The molecule has 1 N–H and O–H groups in total. The van der Waals surface area contributed by atoms with E-state index in [1.807, 2.05) is 6.07 Å². The Bertz CT molecular complexity index is 566. The number of nitriles is 1. The Morgan fingerprint density at radius 3 is 2.67 bits per heavy atom. The van der Waals surface area contributed by atoms with E-state index in [0.717, 1.165) is 4.31 Å². The van der Waals surface area contributed by atoms with E-state index in [1.165, 1.54) is 18.2 Å². The van der Waals surface area contributed by atoms with Gasteiger partial charge in [0.2, 0.25) is 10.0 Å². The number of likely N-dealkylation sites (N-methyl/N-ethyl adjacent to an activating group) is 1. The molecule has 5 nitrogen and oxygen atoms in total. The monoisotopic (exact) mass is 288 g/mol. The molecule has 1 aromatic carbocycles. The van der Waals surface area contributed by atoms with Crippen LogP contribution in [0.5, 0.6) is 0 Å². The summed E-state index contributed by atoms with van der Waals surface area (Å²) >= 11 is 5.76. The third-order valence-corrected chi connectivity index (χ3v) is 4.63. The Morgan fingerprint density at radius 2 is 2.17 bits per heavy atom. The number of halogens is 1. The molecule has 0 saturated carbocycles. The van der Waals surface area contributed by atoms with Crippen LogP contribution in [-0.4, -0.2) is 37.5 Å². The molecule has 0 atom stereocenters. The first-order valence-electron chi connectivity index (χ1n) is 5.28. The van der Waals surface area contributed by atoms with Crippen molar-refractivity contribution in [1.29, 1.82) is 5.26 Å². The van der Waals surface area contributed by atoms with Crippen LogP contribution >= 0.6 is 11.6 Å². The van der Waals surface area contributed by atoms with Crippen LogP contribution in [0.3, 0.4) is 0 Å². The minimum Gasteiger partial charge on any atom is -0.395 e. The average Bonchev–Trinajstić information content (AvgIpc) is 2.35. The molecule has 0 aromatic heterocycles. The maximum atomic E-state index is 12.3. The van der Waals surface area contributed by atoms with Gasteiger partial charge in [-0.1, -0.05) is 18.5 Å². The maximum Gasteiger partial charge on any atom is 0.244 e. The van der Waals surface area contributed by atoms with Gasteiger partial charge in [0.1, 0.15) is 11.0 Å². The molecule has 0 heterocycles. The third kappa shape index (κ3) is 3.00. The smallest absolute Gasteiger partial charge is 0.244 e.